The van der Waals surface area contributed by atoms with E-state index in [1.54, 1.807) is 0 Å². The molecular weight excluding hydrogens is 296 g/mol. The molecule has 0 aliphatic heterocycles. The van der Waals surface area contributed by atoms with E-state index in [0.29, 0.717) is 5.92 Å². The molecule has 0 amide bonds. The molecule has 2 rings (SSSR count). The molecule has 1 saturated carbocycles. The molecule has 1 fully saturated rings. The number of benzene rings is 1. The van der Waals surface area contributed by atoms with Gasteiger partial charge in [0.2, 0.25) is 0 Å². The highest BCUT2D eigenvalue weighted by Crippen LogP contribution is 2.37. The minimum atomic E-state index is -0.443. The smallest absolute Gasteiger partial charge is 0.331 e. The highest BCUT2D eigenvalue weighted by atomic mass is 16.6. The standard InChI is InChI=1S/C22H32O2/c1-5-6-17-7-12-19(13-8-17)20-14-9-18(10-15-20)11-16-21(23)24-22(2,3)4/h9-11,14-17,19H,5-8,12-13H2,1-4H3/b16-11+. The zero-order chi connectivity index (χ0) is 17.6. The summed E-state index contributed by atoms with van der Waals surface area (Å²) in [6, 6.07) is 8.65. The Balaban J connectivity index is 1.88. The van der Waals surface area contributed by atoms with Crippen LogP contribution in [0, 0.1) is 5.92 Å². The zero-order valence-corrected chi connectivity index (χ0v) is 15.7. The van der Waals surface area contributed by atoms with Gasteiger partial charge in [0.25, 0.3) is 0 Å². The number of esters is 1. The van der Waals surface area contributed by atoms with E-state index in [1.165, 1.54) is 50.2 Å². The quantitative estimate of drug-likeness (QED) is 0.481. The maximum absolute atomic E-state index is 11.7. The van der Waals surface area contributed by atoms with E-state index < -0.39 is 5.60 Å². The van der Waals surface area contributed by atoms with Gasteiger partial charge in [-0.15, -0.1) is 0 Å². The van der Waals surface area contributed by atoms with Crippen molar-refractivity contribution < 1.29 is 9.53 Å². The van der Waals surface area contributed by atoms with Gasteiger partial charge in [0, 0.05) is 6.08 Å². The molecular formula is C22H32O2. The Labute approximate surface area is 147 Å². The van der Waals surface area contributed by atoms with Gasteiger partial charge in [-0.05, 0) is 75.5 Å². The van der Waals surface area contributed by atoms with Crippen LogP contribution in [0.3, 0.4) is 0 Å². The fourth-order valence-corrected chi connectivity index (χ4v) is 3.57. The average molecular weight is 328 g/mol. The number of ether oxygens (including phenoxy) is 1. The van der Waals surface area contributed by atoms with Crippen molar-refractivity contribution in [3.05, 3.63) is 41.5 Å². The van der Waals surface area contributed by atoms with Gasteiger partial charge in [-0.25, -0.2) is 4.79 Å². The molecule has 0 bridgehead atoms. The van der Waals surface area contributed by atoms with Crippen LogP contribution in [0.5, 0.6) is 0 Å². The fraction of sp³-hybridized carbons (Fsp3) is 0.591. The van der Waals surface area contributed by atoms with Crippen LogP contribution in [0.1, 0.15) is 83.3 Å². The van der Waals surface area contributed by atoms with E-state index in [1.807, 2.05) is 26.8 Å². The Morgan fingerprint density at radius 3 is 2.29 bits per heavy atom. The minimum Gasteiger partial charge on any atom is -0.457 e. The van der Waals surface area contributed by atoms with Gasteiger partial charge in [-0.2, -0.15) is 0 Å². The molecule has 2 heteroatoms. The van der Waals surface area contributed by atoms with Crippen molar-refractivity contribution in [2.45, 2.75) is 77.7 Å². The monoisotopic (exact) mass is 328 g/mol. The second kappa shape index (κ2) is 8.50. The summed E-state index contributed by atoms with van der Waals surface area (Å²) in [7, 11) is 0. The Bertz CT molecular complexity index is 540. The molecule has 0 saturated heterocycles. The summed E-state index contributed by atoms with van der Waals surface area (Å²) in [6.07, 6.45) is 11.4. The molecule has 1 aromatic rings. The van der Waals surface area contributed by atoms with Crippen molar-refractivity contribution >= 4 is 12.0 Å². The van der Waals surface area contributed by atoms with Gasteiger partial charge in [0.1, 0.15) is 5.60 Å². The van der Waals surface area contributed by atoms with Crippen LogP contribution in [-0.4, -0.2) is 11.6 Å². The number of hydrogen-bond donors (Lipinski definition) is 0. The van der Waals surface area contributed by atoms with Crippen LogP contribution in [-0.2, 0) is 9.53 Å². The number of hydrogen-bond acceptors (Lipinski definition) is 2. The summed E-state index contributed by atoms with van der Waals surface area (Å²) >= 11 is 0. The third-order valence-electron chi connectivity index (χ3n) is 4.77. The zero-order valence-electron chi connectivity index (χ0n) is 15.7. The molecule has 0 N–H and O–H groups in total. The summed E-state index contributed by atoms with van der Waals surface area (Å²) < 4.78 is 5.28. The second-order valence-electron chi connectivity index (χ2n) is 8.04. The highest BCUT2D eigenvalue weighted by Gasteiger charge is 2.21. The first-order valence-corrected chi connectivity index (χ1v) is 9.38. The summed E-state index contributed by atoms with van der Waals surface area (Å²) in [5, 5.41) is 0. The molecule has 1 aromatic carbocycles. The second-order valence-corrected chi connectivity index (χ2v) is 8.04. The molecule has 0 unspecified atom stereocenters. The first kappa shape index (κ1) is 18.8. The van der Waals surface area contributed by atoms with Gasteiger partial charge in [-0.1, -0.05) is 44.0 Å². The maximum atomic E-state index is 11.7. The van der Waals surface area contributed by atoms with E-state index in [0.717, 1.165) is 11.5 Å². The average Bonchev–Trinajstić information content (AvgIpc) is 2.53. The SMILES string of the molecule is CCCC1CCC(c2ccc(/C=C/C(=O)OC(C)(C)C)cc2)CC1. The lowest BCUT2D eigenvalue weighted by Gasteiger charge is -2.28. The molecule has 0 radical (unpaired) electrons. The van der Waals surface area contributed by atoms with Crippen molar-refractivity contribution in [2.75, 3.05) is 0 Å². The van der Waals surface area contributed by atoms with Crippen LogP contribution < -0.4 is 0 Å². The minimum absolute atomic E-state index is 0.291. The summed E-state index contributed by atoms with van der Waals surface area (Å²) in [4.78, 5) is 11.7. The summed E-state index contributed by atoms with van der Waals surface area (Å²) in [5.74, 6) is 1.37. The van der Waals surface area contributed by atoms with Crippen molar-refractivity contribution in [3.63, 3.8) is 0 Å². The molecule has 0 aromatic heterocycles. The molecule has 132 valence electrons. The van der Waals surface area contributed by atoms with Gasteiger partial charge in [0.15, 0.2) is 0 Å². The van der Waals surface area contributed by atoms with E-state index >= 15 is 0 Å². The first-order chi connectivity index (χ1) is 11.4. The van der Waals surface area contributed by atoms with Crippen LogP contribution in [0.15, 0.2) is 30.3 Å². The Morgan fingerprint density at radius 1 is 1.12 bits per heavy atom. The van der Waals surface area contributed by atoms with E-state index in [-0.39, 0.29) is 5.97 Å². The van der Waals surface area contributed by atoms with Gasteiger partial charge in [-0.3, -0.25) is 0 Å². The van der Waals surface area contributed by atoms with Crippen LogP contribution in [0.2, 0.25) is 0 Å². The summed E-state index contributed by atoms with van der Waals surface area (Å²) in [5.41, 5.74) is 2.05. The third kappa shape index (κ3) is 6.14. The third-order valence-corrected chi connectivity index (χ3v) is 4.77. The number of carbonyl (C=O) groups excluding carboxylic acids is 1. The van der Waals surface area contributed by atoms with Gasteiger partial charge < -0.3 is 4.74 Å². The molecule has 1 aliphatic carbocycles. The Kier molecular flexibility index (Phi) is 6.65. The highest BCUT2D eigenvalue weighted by molar-refractivity contribution is 5.87. The normalized spacial score (nSPS) is 21.8. The molecule has 1 aliphatic rings. The van der Waals surface area contributed by atoms with E-state index in [9.17, 15) is 4.79 Å². The fourth-order valence-electron chi connectivity index (χ4n) is 3.57. The van der Waals surface area contributed by atoms with Crippen molar-refractivity contribution in [1.29, 1.82) is 0 Å². The molecule has 0 spiro atoms. The molecule has 0 heterocycles. The lowest BCUT2D eigenvalue weighted by atomic mass is 9.77. The lowest BCUT2D eigenvalue weighted by Crippen LogP contribution is -2.22. The van der Waals surface area contributed by atoms with Crippen molar-refractivity contribution in [2.24, 2.45) is 5.92 Å². The topological polar surface area (TPSA) is 26.3 Å². The van der Waals surface area contributed by atoms with Gasteiger partial charge >= 0.3 is 5.97 Å². The Hall–Kier alpha value is -1.57. The maximum Gasteiger partial charge on any atom is 0.331 e. The Morgan fingerprint density at radius 2 is 1.75 bits per heavy atom. The van der Waals surface area contributed by atoms with E-state index in [2.05, 4.69) is 31.2 Å². The van der Waals surface area contributed by atoms with Crippen molar-refractivity contribution in [1.82, 2.24) is 0 Å². The predicted octanol–water partition coefficient (Wildman–Crippen LogP) is 6.12. The van der Waals surface area contributed by atoms with Crippen LogP contribution in [0.25, 0.3) is 6.08 Å². The van der Waals surface area contributed by atoms with Gasteiger partial charge in [0.05, 0.1) is 0 Å². The molecule has 2 nitrogen and oxygen atoms in total. The van der Waals surface area contributed by atoms with Crippen molar-refractivity contribution in [3.8, 4) is 0 Å². The number of rotatable bonds is 5. The largest absolute Gasteiger partial charge is 0.457 e. The number of carbonyl (C=O) groups is 1. The predicted molar refractivity (Wildman–Crippen MR) is 101 cm³/mol. The lowest BCUT2D eigenvalue weighted by molar-refractivity contribution is -0.148. The van der Waals surface area contributed by atoms with Crippen LogP contribution >= 0.6 is 0 Å². The van der Waals surface area contributed by atoms with Crippen LogP contribution in [0.4, 0.5) is 0 Å². The first-order valence-electron chi connectivity index (χ1n) is 9.38. The van der Waals surface area contributed by atoms with E-state index in [4.69, 9.17) is 4.74 Å². The molecule has 0 atom stereocenters. The summed E-state index contributed by atoms with van der Waals surface area (Å²) in [6.45, 7) is 7.92. The molecule has 24 heavy (non-hydrogen) atoms.